The lowest BCUT2D eigenvalue weighted by Gasteiger charge is -2.20. The number of nitrogens with zero attached hydrogens (tertiary/aromatic N) is 3. The minimum Gasteiger partial charge on any atom is -0.399 e. The van der Waals surface area contributed by atoms with Crippen molar-refractivity contribution in [2.45, 2.75) is 25.8 Å². The Morgan fingerprint density at radius 1 is 1.19 bits per heavy atom. The fourth-order valence-electron chi connectivity index (χ4n) is 2.69. The maximum atomic E-state index is 12.4. The molecule has 2 heterocycles. The van der Waals surface area contributed by atoms with Crippen molar-refractivity contribution in [1.82, 2.24) is 14.7 Å². The summed E-state index contributed by atoms with van der Waals surface area (Å²) in [7, 11) is 0. The lowest BCUT2D eigenvalue weighted by molar-refractivity contribution is -0.133. The van der Waals surface area contributed by atoms with Gasteiger partial charge in [-0.15, -0.1) is 0 Å². The van der Waals surface area contributed by atoms with Crippen molar-refractivity contribution in [2.24, 2.45) is 0 Å². The van der Waals surface area contributed by atoms with E-state index in [1.54, 1.807) is 10.9 Å². The van der Waals surface area contributed by atoms with Crippen LogP contribution < -0.4 is 5.73 Å². The summed E-state index contributed by atoms with van der Waals surface area (Å²) in [6, 6.07) is 7.40. The molecule has 0 aliphatic carbocycles. The zero-order chi connectivity index (χ0) is 14.8. The lowest BCUT2D eigenvalue weighted by Crippen LogP contribution is -2.34. The molecular weight excluding hydrogens is 264 g/mol. The van der Waals surface area contributed by atoms with E-state index in [0.29, 0.717) is 0 Å². The van der Waals surface area contributed by atoms with Gasteiger partial charge in [-0.25, -0.2) is 0 Å². The molecule has 5 heteroatoms. The van der Waals surface area contributed by atoms with E-state index >= 15 is 0 Å². The van der Waals surface area contributed by atoms with Crippen LogP contribution in [-0.4, -0.2) is 33.7 Å². The molecule has 21 heavy (non-hydrogen) atoms. The summed E-state index contributed by atoms with van der Waals surface area (Å²) >= 11 is 0. The highest BCUT2D eigenvalue weighted by Gasteiger charge is 2.24. The van der Waals surface area contributed by atoms with Crippen molar-refractivity contribution in [2.75, 3.05) is 18.8 Å². The number of aromatic nitrogens is 2. The predicted molar refractivity (Wildman–Crippen MR) is 82.6 cm³/mol. The van der Waals surface area contributed by atoms with Crippen molar-refractivity contribution in [3.63, 3.8) is 0 Å². The Morgan fingerprint density at radius 2 is 1.86 bits per heavy atom. The van der Waals surface area contributed by atoms with E-state index < -0.39 is 0 Å². The molecule has 0 saturated carbocycles. The van der Waals surface area contributed by atoms with Gasteiger partial charge in [-0.05, 0) is 37.5 Å². The number of rotatable bonds is 3. The van der Waals surface area contributed by atoms with E-state index in [1.165, 1.54) is 0 Å². The van der Waals surface area contributed by atoms with Gasteiger partial charge in [-0.3, -0.25) is 9.48 Å². The predicted octanol–water partition coefficient (Wildman–Crippen LogP) is 2.32. The number of anilines is 1. The summed E-state index contributed by atoms with van der Waals surface area (Å²) in [6.07, 6.45) is 5.92. The van der Waals surface area contributed by atoms with Gasteiger partial charge < -0.3 is 10.6 Å². The third-order valence-corrected chi connectivity index (χ3v) is 4.02. The van der Waals surface area contributed by atoms with Crippen LogP contribution in [0.15, 0.2) is 36.7 Å². The Morgan fingerprint density at radius 3 is 2.52 bits per heavy atom. The molecule has 1 aliphatic heterocycles. The molecule has 0 spiro atoms. The highest BCUT2D eigenvalue weighted by atomic mass is 16.2. The zero-order valence-corrected chi connectivity index (χ0v) is 12.2. The maximum absolute atomic E-state index is 12.4. The molecule has 110 valence electrons. The fourth-order valence-corrected chi connectivity index (χ4v) is 2.69. The zero-order valence-electron chi connectivity index (χ0n) is 12.2. The minimum atomic E-state index is -0.259. The smallest absolute Gasteiger partial charge is 0.247 e. The Labute approximate surface area is 124 Å². The molecule has 3 rings (SSSR count). The second-order valence-corrected chi connectivity index (χ2v) is 5.54. The average Bonchev–Trinajstić information content (AvgIpc) is 3.18. The standard InChI is InChI=1S/C16H20N4O/c1-12(16(21)19-8-2-3-9-19)20-11-14(10-18-20)13-4-6-15(17)7-5-13/h4-7,10-12H,2-3,8-9,17H2,1H3. The van der Waals surface area contributed by atoms with Crippen LogP contribution in [0.4, 0.5) is 5.69 Å². The Bertz CT molecular complexity index is 626. The van der Waals surface area contributed by atoms with Crippen LogP contribution in [0, 0.1) is 0 Å². The normalized spacial score (nSPS) is 16.1. The molecule has 5 nitrogen and oxygen atoms in total. The van der Waals surface area contributed by atoms with Gasteiger partial charge in [0.2, 0.25) is 5.91 Å². The number of hydrogen-bond acceptors (Lipinski definition) is 3. The maximum Gasteiger partial charge on any atom is 0.247 e. The SMILES string of the molecule is CC(C(=O)N1CCCC1)n1cc(-c2ccc(N)cc2)cn1. The second kappa shape index (κ2) is 5.60. The first-order valence-electron chi connectivity index (χ1n) is 7.34. The van der Waals surface area contributed by atoms with E-state index in [9.17, 15) is 4.79 Å². The number of nitrogen functional groups attached to an aromatic ring is 1. The quantitative estimate of drug-likeness (QED) is 0.880. The monoisotopic (exact) mass is 284 g/mol. The molecule has 1 aliphatic rings. The van der Waals surface area contributed by atoms with Crippen LogP contribution in [0.5, 0.6) is 0 Å². The van der Waals surface area contributed by atoms with Crippen LogP contribution >= 0.6 is 0 Å². The van der Waals surface area contributed by atoms with Crippen molar-refractivity contribution < 1.29 is 4.79 Å². The van der Waals surface area contributed by atoms with Gasteiger partial charge in [0.15, 0.2) is 0 Å². The van der Waals surface area contributed by atoms with Gasteiger partial charge in [0.1, 0.15) is 6.04 Å². The van der Waals surface area contributed by atoms with Gasteiger partial charge >= 0.3 is 0 Å². The highest BCUT2D eigenvalue weighted by molar-refractivity contribution is 5.80. The number of benzene rings is 1. The first kappa shape index (κ1) is 13.7. The summed E-state index contributed by atoms with van der Waals surface area (Å²) < 4.78 is 1.74. The van der Waals surface area contributed by atoms with Crippen LogP contribution in [0.2, 0.25) is 0 Å². The van der Waals surface area contributed by atoms with Crippen LogP contribution in [0.1, 0.15) is 25.8 Å². The highest BCUT2D eigenvalue weighted by Crippen LogP contribution is 2.22. The largest absolute Gasteiger partial charge is 0.399 e. The third-order valence-electron chi connectivity index (χ3n) is 4.02. The number of nitrogens with two attached hydrogens (primary N) is 1. The lowest BCUT2D eigenvalue weighted by atomic mass is 10.1. The molecule has 0 bridgehead atoms. The van der Waals surface area contributed by atoms with Crippen molar-refractivity contribution in [3.05, 3.63) is 36.7 Å². The van der Waals surface area contributed by atoms with E-state index in [-0.39, 0.29) is 11.9 Å². The molecule has 1 amide bonds. The first-order valence-corrected chi connectivity index (χ1v) is 7.34. The Balaban J connectivity index is 1.77. The van der Waals surface area contributed by atoms with E-state index in [1.807, 2.05) is 42.3 Å². The summed E-state index contributed by atoms with van der Waals surface area (Å²) in [5.74, 6) is 0.152. The number of amides is 1. The molecular formula is C16H20N4O. The van der Waals surface area contributed by atoms with Crippen LogP contribution in [0.3, 0.4) is 0 Å². The van der Waals surface area contributed by atoms with E-state index in [2.05, 4.69) is 5.10 Å². The molecule has 1 unspecified atom stereocenters. The van der Waals surface area contributed by atoms with Gasteiger partial charge in [0.25, 0.3) is 0 Å². The topological polar surface area (TPSA) is 64.2 Å². The summed E-state index contributed by atoms with van der Waals surface area (Å²) in [4.78, 5) is 14.3. The average molecular weight is 284 g/mol. The van der Waals surface area contributed by atoms with Gasteiger partial charge in [-0.1, -0.05) is 12.1 Å². The number of carbonyl (C=O) groups is 1. The first-order chi connectivity index (χ1) is 10.1. The molecule has 1 atom stereocenters. The molecule has 1 aromatic heterocycles. The molecule has 1 aromatic carbocycles. The third kappa shape index (κ3) is 2.77. The molecule has 1 saturated heterocycles. The van der Waals surface area contributed by atoms with Crippen molar-refractivity contribution in [3.8, 4) is 11.1 Å². The van der Waals surface area contributed by atoms with Gasteiger partial charge in [0, 0.05) is 30.5 Å². The van der Waals surface area contributed by atoms with Gasteiger partial charge in [-0.2, -0.15) is 5.10 Å². The molecule has 1 fully saturated rings. The summed E-state index contributed by atoms with van der Waals surface area (Å²) in [5.41, 5.74) is 8.48. The second-order valence-electron chi connectivity index (χ2n) is 5.54. The summed E-state index contributed by atoms with van der Waals surface area (Å²) in [5, 5.41) is 4.35. The fraction of sp³-hybridized carbons (Fsp3) is 0.375. The molecule has 2 N–H and O–H groups in total. The van der Waals surface area contributed by atoms with Crippen molar-refractivity contribution >= 4 is 11.6 Å². The van der Waals surface area contributed by atoms with Gasteiger partial charge in [0.05, 0.1) is 6.20 Å². The molecule has 2 aromatic rings. The van der Waals surface area contributed by atoms with Crippen LogP contribution in [0.25, 0.3) is 11.1 Å². The summed E-state index contributed by atoms with van der Waals surface area (Å²) in [6.45, 7) is 3.64. The van der Waals surface area contributed by atoms with E-state index in [0.717, 1.165) is 42.7 Å². The minimum absolute atomic E-state index is 0.152. The van der Waals surface area contributed by atoms with E-state index in [4.69, 9.17) is 5.73 Å². The Hall–Kier alpha value is -2.30. The van der Waals surface area contributed by atoms with Crippen molar-refractivity contribution in [1.29, 1.82) is 0 Å². The number of carbonyl (C=O) groups excluding carboxylic acids is 1. The van der Waals surface area contributed by atoms with Crippen LogP contribution in [-0.2, 0) is 4.79 Å². The molecule has 0 radical (unpaired) electrons. The Kier molecular flexibility index (Phi) is 3.64. The number of likely N-dealkylation sites (tertiary alicyclic amines) is 1. The number of hydrogen-bond donors (Lipinski definition) is 1.